The van der Waals surface area contributed by atoms with Crippen LogP contribution in [0.5, 0.6) is 0 Å². The van der Waals surface area contributed by atoms with Gasteiger partial charge in [0.15, 0.2) is 0 Å². The van der Waals surface area contributed by atoms with Crippen molar-refractivity contribution in [1.29, 1.82) is 0 Å². The molecule has 0 aromatic heterocycles. The Hall–Kier alpha value is -2.24. The molecule has 0 saturated heterocycles. The fourth-order valence-corrected chi connectivity index (χ4v) is 3.92. The molecule has 4 nitrogen and oxygen atoms in total. The third kappa shape index (κ3) is 2.95. The molecule has 2 heterocycles. The first kappa shape index (κ1) is 18.1. The number of fused-ring (bicyclic) bond motifs is 2. The second-order valence-electron chi connectivity index (χ2n) is 6.89. The minimum absolute atomic E-state index is 0. The van der Waals surface area contributed by atoms with E-state index in [1.807, 2.05) is 0 Å². The molecule has 1 aliphatic carbocycles. The third-order valence-electron chi connectivity index (χ3n) is 5.19. The fraction of sp³-hybridized carbons (Fsp3) is 0.182. The van der Waals surface area contributed by atoms with E-state index in [2.05, 4.69) is 114 Å². The number of nitrogens with zero attached hydrogens (tertiary/aromatic N) is 4. The van der Waals surface area contributed by atoms with Gasteiger partial charge in [-0.15, -0.1) is 0 Å². The molecule has 5 rings (SSSR count). The molecule has 1 atom stereocenters. The Balaban J connectivity index is 0.00000180. The van der Waals surface area contributed by atoms with E-state index in [1.54, 1.807) is 0 Å². The van der Waals surface area contributed by atoms with Crippen molar-refractivity contribution in [1.82, 2.24) is 0 Å². The van der Waals surface area contributed by atoms with Crippen molar-refractivity contribution in [3.8, 4) is 0 Å². The van der Waals surface area contributed by atoms with Crippen molar-refractivity contribution < 1.29 is 19.8 Å². The molecule has 2 aliphatic heterocycles. The molecule has 5 heteroatoms. The Labute approximate surface area is 174 Å². The van der Waals surface area contributed by atoms with E-state index >= 15 is 0 Å². The van der Waals surface area contributed by atoms with Crippen LogP contribution < -0.4 is 19.6 Å². The molecule has 0 bridgehead atoms. The summed E-state index contributed by atoms with van der Waals surface area (Å²) in [5.74, 6) is 0. The van der Waals surface area contributed by atoms with Gasteiger partial charge in [-0.3, -0.25) is 0 Å². The molecule has 27 heavy (non-hydrogen) atoms. The Kier molecular flexibility index (Phi) is 4.74. The van der Waals surface area contributed by atoms with Gasteiger partial charge >= 0.3 is 0 Å². The van der Waals surface area contributed by atoms with Gasteiger partial charge in [0.05, 0.1) is 0 Å². The largest absolute Gasteiger partial charge is 0.510 e. The van der Waals surface area contributed by atoms with Gasteiger partial charge in [0, 0.05) is 42.5 Å². The molecule has 140 valence electrons. The number of rotatable bonds is 2. The second-order valence-corrected chi connectivity index (χ2v) is 6.89. The first-order valence-electron chi connectivity index (χ1n) is 8.94. The first-order chi connectivity index (χ1) is 12.7. The van der Waals surface area contributed by atoms with Crippen molar-refractivity contribution in [2.45, 2.75) is 12.5 Å². The molecule has 0 amide bonds. The van der Waals surface area contributed by atoms with E-state index in [0.717, 1.165) is 12.1 Å². The third-order valence-corrected chi connectivity index (χ3v) is 5.19. The van der Waals surface area contributed by atoms with Gasteiger partial charge in [0.25, 0.3) is 0 Å². The normalized spacial score (nSPS) is 20.4. The molecule has 3 aliphatic rings. The minimum atomic E-state index is 0. The summed E-state index contributed by atoms with van der Waals surface area (Å²) >= 11 is 0. The van der Waals surface area contributed by atoms with Gasteiger partial charge < -0.3 is 19.6 Å². The van der Waals surface area contributed by atoms with Gasteiger partial charge in [-0.2, -0.15) is 31.2 Å². The zero-order valence-electron chi connectivity index (χ0n) is 15.4. The zero-order valence-corrected chi connectivity index (χ0v) is 17.9. The van der Waals surface area contributed by atoms with Gasteiger partial charge in [-0.1, -0.05) is 30.3 Å². The van der Waals surface area contributed by atoms with Crippen LogP contribution in [-0.4, -0.2) is 20.1 Å². The molecular weight excluding hydrogens is 511 g/mol. The summed E-state index contributed by atoms with van der Waals surface area (Å²) in [6.07, 6.45) is 9.10. The quantitative estimate of drug-likeness (QED) is 0.540. The van der Waals surface area contributed by atoms with Crippen LogP contribution in [-0.2, 0) is 19.8 Å². The van der Waals surface area contributed by atoms with Crippen LogP contribution in [0, 0.1) is 19.4 Å². The van der Waals surface area contributed by atoms with Gasteiger partial charge in [-0.25, -0.2) is 6.08 Å². The van der Waals surface area contributed by atoms with Crippen LogP contribution in [0.3, 0.4) is 0 Å². The van der Waals surface area contributed by atoms with Crippen LogP contribution >= 0.6 is 0 Å². The molecule has 0 radical (unpaired) electrons. The Bertz CT molecular complexity index is 907. The number of para-hydroxylation sites is 4. The zero-order chi connectivity index (χ0) is 17.7. The maximum atomic E-state index is 3.73. The number of hydrogen-bond donors (Lipinski definition) is 0. The Morgan fingerprint density at radius 1 is 0.852 bits per heavy atom. The molecule has 2 aromatic carbocycles. The van der Waals surface area contributed by atoms with E-state index in [1.165, 1.54) is 22.7 Å². The van der Waals surface area contributed by atoms with Crippen molar-refractivity contribution in [2.24, 2.45) is 0 Å². The smallest absolute Gasteiger partial charge is 0.0319 e. The maximum absolute atomic E-state index is 3.73. The average molecular weight is 532 g/mol. The fourth-order valence-electron chi connectivity index (χ4n) is 3.92. The van der Waals surface area contributed by atoms with Crippen LogP contribution in [0.25, 0.3) is 0 Å². The second kappa shape index (κ2) is 7.06. The van der Waals surface area contributed by atoms with Crippen molar-refractivity contribution in [3.05, 3.63) is 85.8 Å². The summed E-state index contributed by atoms with van der Waals surface area (Å²) in [7, 11) is 4.18. The summed E-state index contributed by atoms with van der Waals surface area (Å²) in [5.41, 5.74) is 5.99. The Morgan fingerprint density at radius 2 is 1.44 bits per heavy atom. The van der Waals surface area contributed by atoms with Crippen molar-refractivity contribution in [3.63, 3.8) is 0 Å². The van der Waals surface area contributed by atoms with Gasteiger partial charge in [-0.05, 0) is 44.8 Å². The summed E-state index contributed by atoms with van der Waals surface area (Å²) in [6.45, 7) is 4.31. The molecule has 0 spiro atoms. The van der Waals surface area contributed by atoms with Crippen molar-refractivity contribution >= 4 is 22.7 Å². The van der Waals surface area contributed by atoms with Crippen LogP contribution in [0.4, 0.5) is 22.7 Å². The van der Waals surface area contributed by atoms with E-state index in [4.69, 9.17) is 0 Å². The van der Waals surface area contributed by atoms with Crippen molar-refractivity contribution in [2.75, 3.05) is 33.7 Å². The first-order valence-corrected chi connectivity index (χ1v) is 8.94. The number of anilines is 4. The predicted octanol–water partition coefficient (Wildman–Crippen LogP) is 4.15. The van der Waals surface area contributed by atoms with Gasteiger partial charge in [0.2, 0.25) is 0 Å². The van der Waals surface area contributed by atoms with E-state index < -0.39 is 0 Å². The SMILES string of the molecule is CN1[CH-]N(C2=[C-]C(N3[CH-]N(C)c4ccccc43)CC=C2)c2ccccc21.[Os]. The average Bonchev–Trinajstić information content (AvgIpc) is 3.20. The maximum Gasteiger partial charge on any atom is 0.0319 e. The predicted molar refractivity (Wildman–Crippen MR) is 108 cm³/mol. The van der Waals surface area contributed by atoms with Crippen LogP contribution in [0.15, 0.2) is 66.4 Å². The molecule has 0 saturated carbocycles. The summed E-state index contributed by atoms with van der Waals surface area (Å²) in [5, 5.41) is 0. The number of hydrogen-bond acceptors (Lipinski definition) is 4. The monoisotopic (exact) mass is 533 g/mol. The summed E-state index contributed by atoms with van der Waals surface area (Å²) in [4.78, 5) is 8.89. The molecule has 0 fully saturated rings. The number of benzene rings is 2. The van der Waals surface area contributed by atoms with Crippen LogP contribution in [0.2, 0.25) is 0 Å². The van der Waals surface area contributed by atoms with E-state index in [-0.39, 0.29) is 25.8 Å². The minimum Gasteiger partial charge on any atom is -0.510 e. The topological polar surface area (TPSA) is 13.0 Å². The van der Waals surface area contributed by atoms with E-state index in [9.17, 15) is 0 Å². The number of allylic oxidation sites excluding steroid dienone is 1. The molecule has 2 aromatic rings. The van der Waals surface area contributed by atoms with Gasteiger partial charge in [0.1, 0.15) is 0 Å². The van der Waals surface area contributed by atoms with Crippen LogP contribution in [0.1, 0.15) is 6.42 Å². The van der Waals surface area contributed by atoms with E-state index in [0.29, 0.717) is 0 Å². The summed E-state index contributed by atoms with van der Waals surface area (Å²) < 4.78 is 0. The molecule has 1 unspecified atom stereocenters. The summed E-state index contributed by atoms with van der Waals surface area (Å²) in [6, 6.07) is 17.2. The molecule has 0 N–H and O–H groups in total. The standard InChI is InChI=1S/C22H21N4.Os/c1-23-15-25(21-12-5-3-10-19(21)23)17-8-7-9-18(14-17)26-16-24(2)20-11-4-6-13-22(20)26;/h3-8,10-13,15-16,18H,9H2,1-2H3;/q-3;. The Morgan fingerprint density at radius 3 is 2.19 bits per heavy atom. The molecular formula is C22H21N4Os-3.